The lowest BCUT2D eigenvalue weighted by molar-refractivity contribution is 0.192. The fourth-order valence-electron chi connectivity index (χ4n) is 1.92. The largest absolute Gasteiger partial charge is 0.439 e. The second-order valence-electron chi connectivity index (χ2n) is 4.35. The zero-order valence-corrected chi connectivity index (χ0v) is 12.7. The Labute approximate surface area is 126 Å². The lowest BCUT2D eigenvalue weighted by Gasteiger charge is -2.16. The van der Waals surface area contributed by atoms with Gasteiger partial charge in [0.1, 0.15) is 0 Å². The van der Waals surface area contributed by atoms with Gasteiger partial charge in [-0.3, -0.25) is 4.90 Å². The van der Waals surface area contributed by atoms with Gasteiger partial charge in [0.2, 0.25) is 5.89 Å². The maximum Gasteiger partial charge on any atom is 0.209 e. The zero-order valence-electron chi connectivity index (χ0n) is 11.1. The molecule has 0 saturated heterocycles. The standard InChI is InChI=1S/C15H17BrN2O2/c1-2-7-18(8-9-19)11-15-17-10-14(20-15)12-5-3-4-6-13(12)16/h2-6,10,19H,1,7-9,11H2. The van der Waals surface area contributed by atoms with Gasteiger partial charge < -0.3 is 9.52 Å². The Morgan fingerprint density at radius 2 is 2.20 bits per heavy atom. The fourth-order valence-corrected chi connectivity index (χ4v) is 2.40. The zero-order chi connectivity index (χ0) is 14.4. The summed E-state index contributed by atoms with van der Waals surface area (Å²) >= 11 is 3.50. The third kappa shape index (κ3) is 3.79. The summed E-state index contributed by atoms with van der Waals surface area (Å²) in [6.07, 6.45) is 3.52. The Hall–Kier alpha value is -1.43. The van der Waals surface area contributed by atoms with E-state index in [0.29, 0.717) is 25.5 Å². The van der Waals surface area contributed by atoms with Gasteiger partial charge in [-0.05, 0) is 6.07 Å². The van der Waals surface area contributed by atoms with Crippen LogP contribution in [0.3, 0.4) is 0 Å². The molecule has 2 aromatic rings. The molecule has 5 heteroatoms. The number of nitrogens with zero attached hydrogens (tertiary/aromatic N) is 2. The van der Waals surface area contributed by atoms with Crippen molar-refractivity contribution < 1.29 is 9.52 Å². The molecule has 2 rings (SSSR count). The van der Waals surface area contributed by atoms with Crippen LogP contribution in [0.25, 0.3) is 11.3 Å². The Balaban J connectivity index is 2.12. The van der Waals surface area contributed by atoms with Crippen molar-refractivity contribution in [1.82, 2.24) is 9.88 Å². The van der Waals surface area contributed by atoms with Crippen LogP contribution >= 0.6 is 15.9 Å². The smallest absolute Gasteiger partial charge is 0.209 e. The van der Waals surface area contributed by atoms with Crippen LogP contribution in [0.4, 0.5) is 0 Å². The number of aliphatic hydroxyl groups is 1. The highest BCUT2D eigenvalue weighted by atomic mass is 79.9. The van der Waals surface area contributed by atoms with Gasteiger partial charge in [-0.2, -0.15) is 0 Å². The van der Waals surface area contributed by atoms with Gasteiger partial charge in [0.05, 0.1) is 19.3 Å². The molecule has 0 saturated carbocycles. The molecule has 0 aliphatic carbocycles. The van der Waals surface area contributed by atoms with Crippen molar-refractivity contribution in [2.75, 3.05) is 19.7 Å². The summed E-state index contributed by atoms with van der Waals surface area (Å²) in [7, 11) is 0. The maximum absolute atomic E-state index is 9.03. The molecule has 4 nitrogen and oxygen atoms in total. The number of benzene rings is 1. The van der Waals surface area contributed by atoms with E-state index >= 15 is 0 Å². The molecule has 0 aliphatic heterocycles. The fraction of sp³-hybridized carbons (Fsp3) is 0.267. The van der Waals surface area contributed by atoms with Gasteiger partial charge in [-0.25, -0.2) is 4.98 Å². The Morgan fingerprint density at radius 3 is 2.90 bits per heavy atom. The van der Waals surface area contributed by atoms with Gasteiger partial charge in [0.25, 0.3) is 0 Å². The highest BCUT2D eigenvalue weighted by Gasteiger charge is 2.11. The molecule has 0 fully saturated rings. The molecule has 0 unspecified atom stereocenters. The molecular formula is C15H17BrN2O2. The van der Waals surface area contributed by atoms with E-state index in [4.69, 9.17) is 9.52 Å². The average Bonchev–Trinajstić information content (AvgIpc) is 2.88. The van der Waals surface area contributed by atoms with Crippen molar-refractivity contribution >= 4 is 15.9 Å². The van der Waals surface area contributed by atoms with E-state index in [1.165, 1.54) is 0 Å². The second-order valence-corrected chi connectivity index (χ2v) is 5.20. The van der Waals surface area contributed by atoms with Crippen LogP contribution in [0.5, 0.6) is 0 Å². The van der Waals surface area contributed by atoms with E-state index in [9.17, 15) is 0 Å². The van der Waals surface area contributed by atoms with Gasteiger partial charge in [-0.1, -0.05) is 40.2 Å². The number of oxazole rings is 1. The first-order valence-corrected chi connectivity index (χ1v) is 7.17. The van der Waals surface area contributed by atoms with Crippen molar-refractivity contribution in [3.05, 3.63) is 53.5 Å². The molecule has 1 heterocycles. The molecule has 106 valence electrons. The predicted octanol–water partition coefficient (Wildman–Crippen LogP) is 3.08. The summed E-state index contributed by atoms with van der Waals surface area (Å²) in [5.41, 5.74) is 0.976. The van der Waals surface area contributed by atoms with Crippen LogP contribution in [0.2, 0.25) is 0 Å². The molecular weight excluding hydrogens is 320 g/mol. The van der Waals surface area contributed by atoms with E-state index < -0.39 is 0 Å². The highest BCUT2D eigenvalue weighted by molar-refractivity contribution is 9.10. The van der Waals surface area contributed by atoms with Crippen molar-refractivity contribution in [2.45, 2.75) is 6.54 Å². The van der Waals surface area contributed by atoms with Crippen LogP contribution in [0.15, 0.2) is 52.0 Å². The monoisotopic (exact) mass is 336 g/mol. The normalized spacial score (nSPS) is 10.9. The van der Waals surface area contributed by atoms with Crippen molar-refractivity contribution in [1.29, 1.82) is 0 Å². The van der Waals surface area contributed by atoms with Crippen LogP contribution in [0.1, 0.15) is 5.89 Å². The molecule has 0 aliphatic rings. The highest BCUT2D eigenvalue weighted by Crippen LogP contribution is 2.28. The topological polar surface area (TPSA) is 49.5 Å². The maximum atomic E-state index is 9.03. The summed E-state index contributed by atoms with van der Waals surface area (Å²) in [6, 6.07) is 7.85. The number of aromatic nitrogens is 1. The lowest BCUT2D eigenvalue weighted by atomic mass is 10.2. The molecule has 0 amide bonds. The molecule has 1 aromatic carbocycles. The summed E-state index contributed by atoms with van der Waals surface area (Å²) in [5.74, 6) is 1.36. The molecule has 20 heavy (non-hydrogen) atoms. The van der Waals surface area contributed by atoms with Gasteiger partial charge in [0, 0.05) is 23.1 Å². The summed E-state index contributed by atoms with van der Waals surface area (Å²) in [4.78, 5) is 6.31. The predicted molar refractivity (Wildman–Crippen MR) is 82.2 cm³/mol. The molecule has 0 atom stereocenters. The number of halogens is 1. The third-order valence-electron chi connectivity index (χ3n) is 2.86. The molecule has 1 aromatic heterocycles. The van der Waals surface area contributed by atoms with E-state index in [-0.39, 0.29) is 6.61 Å². The lowest BCUT2D eigenvalue weighted by Crippen LogP contribution is -2.26. The van der Waals surface area contributed by atoms with Gasteiger partial charge in [0.15, 0.2) is 5.76 Å². The molecule has 0 radical (unpaired) electrons. The van der Waals surface area contributed by atoms with Crippen molar-refractivity contribution in [2.24, 2.45) is 0 Å². The number of hydrogen-bond donors (Lipinski definition) is 1. The minimum absolute atomic E-state index is 0.103. The SMILES string of the molecule is C=CCN(CCO)Cc1ncc(-c2ccccc2Br)o1. The summed E-state index contributed by atoms with van der Waals surface area (Å²) in [5, 5.41) is 9.03. The number of hydrogen-bond acceptors (Lipinski definition) is 4. The van der Waals surface area contributed by atoms with Crippen LogP contribution in [0, 0.1) is 0 Å². The Kier molecular flexibility index (Phi) is 5.52. The minimum atomic E-state index is 0.103. The summed E-state index contributed by atoms with van der Waals surface area (Å²) in [6.45, 7) is 5.62. The van der Waals surface area contributed by atoms with Crippen molar-refractivity contribution in [3.63, 3.8) is 0 Å². The van der Waals surface area contributed by atoms with Gasteiger partial charge in [-0.15, -0.1) is 6.58 Å². The van der Waals surface area contributed by atoms with Gasteiger partial charge >= 0.3 is 0 Å². The number of aliphatic hydroxyl groups excluding tert-OH is 1. The van der Waals surface area contributed by atoms with E-state index in [1.54, 1.807) is 12.3 Å². The molecule has 0 bridgehead atoms. The van der Waals surface area contributed by atoms with E-state index in [1.807, 2.05) is 29.2 Å². The quantitative estimate of drug-likeness (QED) is 0.789. The van der Waals surface area contributed by atoms with Crippen LogP contribution in [-0.4, -0.2) is 34.7 Å². The Morgan fingerprint density at radius 1 is 1.40 bits per heavy atom. The first-order chi connectivity index (χ1) is 9.74. The average molecular weight is 337 g/mol. The van der Waals surface area contributed by atoms with E-state index in [2.05, 4.69) is 27.5 Å². The first-order valence-electron chi connectivity index (χ1n) is 6.38. The van der Waals surface area contributed by atoms with Crippen LogP contribution < -0.4 is 0 Å². The van der Waals surface area contributed by atoms with Crippen LogP contribution in [-0.2, 0) is 6.54 Å². The molecule has 1 N–H and O–H groups in total. The minimum Gasteiger partial charge on any atom is -0.439 e. The second kappa shape index (κ2) is 7.38. The van der Waals surface area contributed by atoms with E-state index in [0.717, 1.165) is 15.8 Å². The van der Waals surface area contributed by atoms with Crippen molar-refractivity contribution in [3.8, 4) is 11.3 Å². The first kappa shape index (κ1) is 15.0. The molecule has 0 spiro atoms. The number of rotatable bonds is 7. The summed E-state index contributed by atoms with van der Waals surface area (Å²) < 4.78 is 6.75. The third-order valence-corrected chi connectivity index (χ3v) is 3.55. The Bertz CT molecular complexity index is 569.